The molecule has 0 spiro atoms. The highest BCUT2D eigenvalue weighted by atomic mass is 32.2. The van der Waals surface area contributed by atoms with Gasteiger partial charge in [-0.1, -0.05) is 6.07 Å². The fourth-order valence-corrected chi connectivity index (χ4v) is 6.30. The Hall–Kier alpha value is -2.31. The standard InChI is InChI=1S/C19H17NO4S/c21-25(22)18-2-1-14(15-4-6-24-12-15)7-16(18)17-9-20(10-19(17)25)8-13-3-5-23-11-13/h1-7,11-12,17,19H,8-10H2/t17-,19+/m0/s1. The Morgan fingerprint density at radius 1 is 1.00 bits per heavy atom. The molecule has 0 saturated carbocycles. The smallest absolute Gasteiger partial charge is 0.183 e. The van der Waals surface area contributed by atoms with Crippen molar-refractivity contribution in [2.45, 2.75) is 22.6 Å². The maximum Gasteiger partial charge on any atom is 0.183 e. The average Bonchev–Trinajstić information content (AvgIpc) is 3.37. The van der Waals surface area contributed by atoms with Gasteiger partial charge in [0.1, 0.15) is 0 Å². The van der Waals surface area contributed by atoms with Crippen LogP contribution in [-0.4, -0.2) is 31.7 Å². The highest BCUT2D eigenvalue weighted by molar-refractivity contribution is 7.92. The van der Waals surface area contributed by atoms with Crippen LogP contribution in [0.4, 0.5) is 0 Å². The molecule has 0 radical (unpaired) electrons. The lowest BCUT2D eigenvalue weighted by atomic mass is 9.95. The van der Waals surface area contributed by atoms with Crippen LogP contribution in [-0.2, 0) is 16.4 Å². The molecule has 0 N–H and O–H groups in total. The number of sulfone groups is 1. The minimum Gasteiger partial charge on any atom is -0.472 e. The van der Waals surface area contributed by atoms with E-state index in [2.05, 4.69) is 4.90 Å². The molecule has 0 aliphatic carbocycles. The van der Waals surface area contributed by atoms with Gasteiger partial charge in [0.05, 0.1) is 35.2 Å². The molecule has 1 saturated heterocycles. The number of rotatable bonds is 3. The van der Waals surface area contributed by atoms with Crippen molar-refractivity contribution in [3.05, 3.63) is 66.5 Å². The van der Waals surface area contributed by atoms with Crippen LogP contribution in [0.15, 0.2) is 69.1 Å². The van der Waals surface area contributed by atoms with Crippen molar-refractivity contribution >= 4 is 9.84 Å². The molecular weight excluding hydrogens is 338 g/mol. The summed E-state index contributed by atoms with van der Waals surface area (Å²) < 4.78 is 36.2. The lowest BCUT2D eigenvalue weighted by Crippen LogP contribution is -2.25. The molecule has 4 heterocycles. The van der Waals surface area contributed by atoms with E-state index >= 15 is 0 Å². The van der Waals surface area contributed by atoms with Crippen LogP contribution >= 0.6 is 0 Å². The average molecular weight is 355 g/mol. The molecule has 2 aliphatic rings. The van der Waals surface area contributed by atoms with Crippen molar-refractivity contribution in [3.8, 4) is 11.1 Å². The third-order valence-corrected chi connectivity index (χ3v) is 7.56. The van der Waals surface area contributed by atoms with Crippen molar-refractivity contribution in [2.24, 2.45) is 0 Å². The monoisotopic (exact) mass is 355 g/mol. The van der Waals surface area contributed by atoms with Crippen LogP contribution in [0.5, 0.6) is 0 Å². The summed E-state index contributed by atoms with van der Waals surface area (Å²) in [4.78, 5) is 2.70. The van der Waals surface area contributed by atoms with Gasteiger partial charge in [-0.2, -0.15) is 0 Å². The van der Waals surface area contributed by atoms with E-state index in [1.54, 1.807) is 31.1 Å². The number of furan rings is 2. The lowest BCUT2D eigenvalue weighted by molar-refractivity contribution is 0.324. The second-order valence-corrected chi connectivity index (χ2v) is 8.92. The molecule has 1 fully saturated rings. The number of fused-ring (bicyclic) bond motifs is 3. The predicted molar refractivity (Wildman–Crippen MR) is 91.8 cm³/mol. The minimum absolute atomic E-state index is 0.0266. The number of likely N-dealkylation sites (tertiary alicyclic amines) is 1. The van der Waals surface area contributed by atoms with E-state index in [0.717, 1.165) is 35.3 Å². The lowest BCUT2D eigenvalue weighted by Gasteiger charge is -2.16. The van der Waals surface area contributed by atoms with Gasteiger partial charge in [-0.25, -0.2) is 8.42 Å². The van der Waals surface area contributed by atoms with E-state index in [-0.39, 0.29) is 11.2 Å². The normalized spacial score (nSPS) is 24.3. The van der Waals surface area contributed by atoms with E-state index in [9.17, 15) is 8.42 Å². The first-order valence-corrected chi connectivity index (χ1v) is 9.81. The quantitative estimate of drug-likeness (QED) is 0.721. The van der Waals surface area contributed by atoms with Crippen molar-refractivity contribution in [2.75, 3.05) is 13.1 Å². The number of nitrogens with zero attached hydrogens (tertiary/aromatic N) is 1. The van der Waals surface area contributed by atoms with Gasteiger partial charge in [-0.05, 0) is 35.4 Å². The Bertz CT molecular complexity index is 1010. The van der Waals surface area contributed by atoms with Crippen LogP contribution in [0.2, 0.25) is 0 Å². The molecule has 3 aromatic rings. The maximum atomic E-state index is 12.9. The van der Waals surface area contributed by atoms with Crippen molar-refractivity contribution in [1.82, 2.24) is 4.90 Å². The van der Waals surface area contributed by atoms with Gasteiger partial charge in [0.15, 0.2) is 9.84 Å². The second kappa shape index (κ2) is 5.34. The molecule has 1 aromatic carbocycles. The topological polar surface area (TPSA) is 63.7 Å². The van der Waals surface area contributed by atoms with Crippen molar-refractivity contribution in [1.29, 1.82) is 0 Å². The van der Waals surface area contributed by atoms with Crippen LogP contribution in [0.3, 0.4) is 0 Å². The fraction of sp³-hybridized carbons (Fsp3) is 0.263. The Morgan fingerprint density at radius 2 is 1.84 bits per heavy atom. The van der Waals surface area contributed by atoms with Gasteiger partial charge in [0.2, 0.25) is 0 Å². The number of hydrogen-bond acceptors (Lipinski definition) is 5. The van der Waals surface area contributed by atoms with Gasteiger partial charge in [0, 0.05) is 36.7 Å². The molecule has 2 aliphatic heterocycles. The molecule has 128 valence electrons. The minimum atomic E-state index is -3.27. The Kier molecular flexibility index (Phi) is 3.20. The first kappa shape index (κ1) is 15.0. The molecule has 2 atom stereocenters. The number of hydrogen-bond donors (Lipinski definition) is 0. The molecule has 2 aromatic heterocycles. The highest BCUT2D eigenvalue weighted by Gasteiger charge is 2.50. The Labute approximate surface area is 145 Å². The first-order chi connectivity index (χ1) is 12.1. The third-order valence-electron chi connectivity index (χ3n) is 5.30. The van der Waals surface area contributed by atoms with Gasteiger partial charge in [-0.3, -0.25) is 4.90 Å². The van der Waals surface area contributed by atoms with Crippen molar-refractivity contribution < 1.29 is 17.3 Å². The highest BCUT2D eigenvalue weighted by Crippen LogP contribution is 2.46. The van der Waals surface area contributed by atoms with E-state index in [1.807, 2.05) is 24.3 Å². The summed E-state index contributed by atoms with van der Waals surface area (Å²) in [6, 6.07) is 9.46. The molecule has 6 heteroatoms. The molecule has 0 unspecified atom stereocenters. The summed E-state index contributed by atoms with van der Waals surface area (Å²) in [5, 5.41) is -0.353. The van der Waals surface area contributed by atoms with Crippen LogP contribution < -0.4 is 0 Å². The fourth-order valence-electron chi connectivity index (χ4n) is 4.10. The Balaban J connectivity index is 1.51. The summed E-state index contributed by atoms with van der Waals surface area (Å²) in [5.41, 5.74) is 3.98. The largest absolute Gasteiger partial charge is 0.472 e. The molecule has 25 heavy (non-hydrogen) atoms. The summed E-state index contributed by atoms with van der Waals surface area (Å²) in [6.45, 7) is 2.03. The van der Waals surface area contributed by atoms with Crippen molar-refractivity contribution in [3.63, 3.8) is 0 Å². The molecule has 5 nitrogen and oxygen atoms in total. The summed E-state index contributed by atoms with van der Waals surface area (Å²) in [7, 11) is -3.27. The zero-order chi connectivity index (χ0) is 17.0. The van der Waals surface area contributed by atoms with E-state index in [1.165, 1.54) is 0 Å². The summed E-state index contributed by atoms with van der Waals surface area (Å²) >= 11 is 0. The first-order valence-electron chi connectivity index (χ1n) is 8.27. The van der Waals surface area contributed by atoms with Crippen LogP contribution in [0, 0.1) is 0 Å². The van der Waals surface area contributed by atoms with Crippen LogP contribution in [0.25, 0.3) is 11.1 Å². The third kappa shape index (κ3) is 2.28. The van der Waals surface area contributed by atoms with Gasteiger partial charge in [-0.15, -0.1) is 0 Å². The second-order valence-electron chi connectivity index (χ2n) is 6.78. The van der Waals surface area contributed by atoms with Gasteiger partial charge < -0.3 is 8.83 Å². The van der Waals surface area contributed by atoms with E-state index in [0.29, 0.717) is 11.4 Å². The zero-order valence-corrected chi connectivity index (χ0v) is 14.3. The van der Waals surface area contributed by atoms with E-state index < -0.39 is 9.84 Å². The zero-order valence-electron chi connectivity index (χ0n) is 13.5. The van der Waals surface area contributed by atoms with Gasteiger partial charge in [0.25, 0.3) is 0 Å². The number of benzene rings is 1. The SMILES string of the molecule is O=S1(=O)c2ccc(-c3ccoc3)cc2[C@@H]2CN(Cc3ccoc3)C[C@H]21. The molecular formula is C19H17NO4S. The predicted octanol–water partition coefficient (Wildman–Crippen LogP) is 3.29. The Morgan fingerprint density at radius 3 is 2.60 bits per heavy atom. The molecule has 0 amide bonds. The summed E-state index contributed by atoms with van der Waals surface area (Å²) in [5.74, 6) is 0.0266. The molecule has 0 bridgehead atoms. The molecule has 5 rings (SSSR count). The van der Waals surface area contributed by atoms with Crippen LogP contribution in [0.1, 0.15) is 17.0 Å². The maximum absolute atomic E-state index is 12.9. The van der Waals surface area contributed by atoms with Gasteiger partial charge >= 0.3 is 0 Å². The summed E-state index contributed by atoms with van der Waals surface area (Å²) in [6.07, 6.45) is 6.68. The van der Waals surface area contributed by atoms with E-state index in [4.69, 9.17) is 8.83 Å².